The molecule has 1 N–H and O–H groups in total. The number of benzene rings is 1. The highest BCUT2D eigenvalue weighted by molar-refractivity contribution is 6.32. The van der Waals surface area contributed by atoms with Gasteiger partial charge in [0.2, 0.25) is 0 Å². The molecule has 0 aromatic heterocycles. The van der Waals surface area contributed by atoms with Crippen LogP contribution in [0.15, 0.2) is 12.1 Å². The summed E-state index contributed by atoms with van der Waals surface area (Å²) in [5.41, 5.74) is 0.815. The Morgan fingerprint density at radius 2 is 2.39 bits per heavy atom. The summed E-state index contributed by atoms with van der Waals surface area (Å²) in [5, 5.41) is 14.1. The Hall–Kier alpha value is -1.82. The summed E-state index contributed by atoms with van der Waals surface area (Å²) in [4.78, 5) is 22.0. The topological polar surface area (TPSA) is 81.5 Å². The molecule has 18 heavy (non-hydrogen) atoms. The van der Waals surface area contributed by atoms with Gasteiger partial charge in [0.1, 0.15) is 11.7 Å². The Morgan fingerprint density at radius 3 is 3.00 bits per heavy atom. The first-order chi connectivity index (χ1) is 8.54. The molecule has 1 aliphatic heterocycles. The third kappa shape index (κ3) is 2.11. The summed E-state index contributed by atoms with van der Waals surface area (Å²) in [7, 11) is 0. The number of carbonyl (C=O) groups excluding carboxylic acids is 1. The molecule has 1 unspecified atom stereocenters. The number of fused-ring (bicyclic) bond motifs is 1. The van der Waals surface area contributed by atoms with Gasteiger partial charge < -0.3 is 10.1 Å². The zero-order valence-electron chi connectivity index (χ0n) is 9.60. The molecule has 7 heteroatoms. The molecule has 0 amide bonds. The average Bonchev–Trinajstić information content (AvgIpc) is 2.75. The molecule has 1 aliphatic rings. The smallest absolute Gasteiger partial charge is 0.328 e. The van der Waals surface area contributed by atoms with Crippen LogP contribution in [0.25, 0.3) is 0 Å². The average molecular weight is 271 g/mol. The molecule has 6 nitrogen and oxygen atoms in total. The Morgan fingerprint density at radius 1 is 1.67 bits per heavy atom. The molecule has 1 atom stereocenters. The Labute approximate surface area is 108 Å². The van der Waals surface area contributed by atoms with Crippen LogP contribution in [-0.4, -0.2) is 23.5 Å². The highest BCUT2D eigenvalue weighted by atomic mass is 35.5. The SMILES string of the molecule is CCOC(=O)C1Cc2c(Cl)ccc([N+](=O)[O-])c2N1. The van der Waals surface area contributed by atoms with Gasteiger partial charge in [-0.25, -0.2) is 4.79 Å². The number of anilines is 1. The molecule has 0 fully saturated rings. The Balaban J connectivity index is 2.33. The maximum Gasteiger partial charge on any atom is 0.328 e. The van der Waals surface area contributed by atoms with Crippen molar-refractivity contribution in [3.63, 3.8) is 0 Å². The molecule has 0 saturated carbocycles. The van der Waals surface area contributed by atoms with Crippen LogP contribution in [0.3, 0.4) is 0 Å². The number of nitrogens with one attached hydrogen (secondary N) is 1. The quantitative estimate of drug-likeness (QED) is 0.517. The lowest BCUT2D eigenvalue weighted by Crippen LogP contribution is -2.29. The Kier molecular flexibility index (Phi) is 3.38. The number of hydrogen-bond acceptors (Lipinski definition) is 5. The van der Waals surface area contributed by atoms with E-state index in [1.54, 1.807) is 6.92 Å². The van der Waals surface area contributed by atoms with Gasteiger partial charge in [-0.2, -0.15) is 0 Å². The number of nitro benzene ring substituents is 1. The predicted octanol–water partition coefficient (Wildman–Crippen LogP) is 2.15. The lowest BCUT2D eigenvalue weighted by atomic mass is 10.1. The van der Waals surface area contributed by atoms with Gasteiger partial charge in [0, 0.05) is 23.1 Å². The van der Waals surface area contributed by atoms with E-state index >= 15 is 0 Å². The summed E-state index contributed by atoms with van der Waals surface area (Å²) < 4.78 is 4.88. The highest BCUT2D eigenvalue weighted by Gasteiger charge is 2.34. The minimum absolute atomic E-state index is 0.0822. The van der Waals surface area contributed by atoms with Gasteiger partial charge in [-0.15, -0.1) is 0 Å². The molecule has 2 rings (SSSR count). The molecule has 1 aromatic rings. The number of nitrogens with zero attached hydrogens (tertiary/aromatic N) is 1. The molecular weight excluding hydrogens is 260 g/mol. The zero-order valence-corrected chi connectivity index (χ0v) is 10.4. The van der Waals surface area contributed by atoms with Crippen molar-refractivity contribution in [1.82, 2.24) is 0 Å². The lowest BCUT2D eigenvalue weighted by Gasteiger charge is -2.09. The van der Waals surface area contributed by atoms with Crippen LogP contribution in [0.5, 0.6) is 0 Å². The molecule has 0 aliphatic carbocycles. The first-order valence-electron chi connectivity index (χ1n) is 5.43. The van der Waals surface area contributed by atoms with E-state index < -0.39 is 16.9 Å². The summed E-state index contributed by atoms with van der Waals surface area (Å²) in [6, 6.07) is 2.17. The lowest BCUT2D eigenvalue weighted by molar-refractivity contribution is -0.383. The summed E-state index contributed by atoms with van der Waals surface area (Å²) in [6.45, 7) is 1.97. The molecular formula is C11H11ClN2O4. The molecule has 96 valence electrons. The van der Waals surface area contributed by atoms with Crippen molar-refractivity contribution in [3.8, 4) is 0 Å². The van der Waals surface area contributed by atoms with E-state index in [-0.39, 0.29) is 12.3 Å². The first-order valence-corrected chi connectivity index (χ1v) is 5.81. The number of carbonyl (C=O) groups is 1. The van der Waals surface area contributed by atoms with Gasteiger partial charge in [-0.1, -0.05) is 11.6 Å². The fourth-order valence-corrected chi connectivity index (χ4v) is 2.17. The second-order valence-corrected chi connectivity index (χ2v) is 4.24. The summed E-state index contributed by atoms with van der Waals surface area (Å²) in [6.07, 6.45) is 0.300. The van der Waals surface area contributed by atoms with Crippen LogP contribution in [0.1, 0.15) is 12.5 Å². The third-order valence-corrected chi connectivity index (χ3v) is 3.08. The Bertz CT molecular complexity index is 518. The van der Waals surface area contributed by atoms with Crippen LogP contribution in [0, 0.1) is 10.1 Å². The number of halogens is 1. The first kappa shape index (κ1) is 12.6. The van der Waals surface area contributed by atoms with Gasteiger partial charge in [-0.3, -0.25) is 10.1 Å². The fourth-order valence-electron chi connectivity index (χ4n) is 1.94. The molecule has 0 bridgehead atoms. The van der Waals surface area contributed by atoms with Crippen molar-refractivity contribution in [2.45, 2.75) is 19.4 Å². The maximum absolute atomic E-state index is 11.6. The van der Waals surface area contributed by atoms with Crippen molar-refractivity contribution in [3.05, 3.63) is 32.8 Å². The molecule has 1 heterocycles. The van der Waals surface area contributed by atoms with Crippen molar-refractivity contribution >= 4 is 28.9 Å². The minimum Gasteiger partial charge on any atom is -0.464 e. The van der Waals surface area contributed by atoms with Crippen molar-refractivity contribution < 1.29 is 14.5 Å². The summed E-state index contributed by atoms with van der Waals surface area (Å²) >= 11 is 5.98. The monoisotopic (exact) mass is 270 g/mol. The normalized spacial score (nSPS) is 16.9. The van der Waals surface area contributed by atoms with E-state index in [0.29, 0.717) is 22.7 Å². The van der Waals surface area contributed by atoms with E-state index in [9.17, 15) is 14.9 Å². The minimum atomic E-state index is -0.612. The fraction of sp³-hybridized carbons (Fsp3) is 0.364. The van der Waals surface area contributed by atoms with Gasteiger partial charge >= 0.3 is 5.97 Å². The van der Waals surface area contributed by atoms with E-state index in [2.05, 4.69) is 5.32 Å². The van der Waals surface area contributed by atoms with E-state index in [0.717, 1.165) is 0 Å². The third-order valence-electron chi connectivity index (χ3n) is 2.73. The largest absolute Gasteiger partial charge is 0.464 e. The number of hydrogen-bond donors (Lipinski definition) is 1. The van der Waals surface area contributed by atoms with Crippen molar-refractivity contribution in [2.24, 2.45) is 0 Å². The van der Waals surface area contributed by atoms with Gasteiger partial charge in [0.05, 0.1) is 11.5 Å². The molecule has 0 spiro atoms. The van der Waals surface area contributed by atoms with Crippen LogP contribution in [0.2, 0.25) is 5.02 Å². The summed E-state index contributed by atoms with van der Waals surface area (Å²) in [5.74, 6) is -0.431. The number of esters is 1. The van der Waals surface area contributed by atoms with Crippen molar-refractivity contribution in [1.29, 1.82) is 0 Å². The van der Waals surface area contributed by atoms with Gasteiger partial charge in [0.25, 0.3) is 5.69 Å². The molecule has 0 radical (unpaired) electrons. The number of nitro groups is 1. The zero-order chi connectivity index (χ0) is 13.3. The second kappa shape index (κ2) is 4.81. The number of rotatable bonds is 3. The van der Waals surface area contributed by atoms with Crippen LogP contribution in [-0.2, 0) is 16.0 Å². The van der Waals surface area contributed by atoms with E-state index in [1.807, 2.05) is 0 Å². The van der Waals surface area contributed by atoms with Crippen molar-refractivity contribution in [2.75, 3.05) is 11.9 Å². The van der Waals surface area contributed by atoms with Crippen LogP contribution < -0.4 is 5.32 Å². The molecule has 0 saturated heterocycles. The molecule has 1 aromatic carbocycles. The van der Waals surface area contributed by atoms with Gasteiger partial charge in [0.15, 0.2) is 0 Å². The number of ether oxygens (including phenoxy) is 1. The van der Waals surface area contributed by atoms with E-state index in [4.69, 9.17) is 16.3 Å². The highest BCUT2D eigenvalue weighted by Crippen LogP contribution is 2.39. The predicted molar refractivity (Wildman–Crippen MR) is 65.9 cm³/mol. The second-order valence-electron chi connectivity index (χ2n) is 3.83. The van der Waals surface area contributed by atoms with E-state index in [1.165, 1.54) is 12.1 Å². The standard InChI is InChI=1S/C11H11ClN2O4/c1-2-18-11(15)8-5-6-7(12)3-4-9(14(16)17)10(6)13-8/h3-4,8,13H,2,5H2,1H3. The van der Waals surface area contributed by atoms with Crippen LogP contribution in [0.4, 0.5) is 11.4 Å². The maximum atomic E-state index is 11.6. The van der Waals surface area contributed by atoms with Crippen LogP contribution >= 0.6 is 11.6 Å². The van der Waals surface area contributed by atoms with Gasteiger partial charge in [-0.05, 0) is 13.0 Å².